The minimum Gasteiger partial charge on any atom is -0.478 e. The molecular weight excluding hydrogens is 459 g/mol. The van der Waals surface area contributed by atoms with Gasteiger partial charge < -0.3 is 5.11 Å². The van der Waals surface area contributed by atoms with Crippen molar-refractivity contribution in [2.24, 2.45) is 0 Å². The van der Waals surface area contributed by atoms with Crippen LogP contribution in [0.4, 0.5) is 5.95 Å². The van der Waals surface area contributed by atoms with Crippen LogP contribution in [0.25, 0.3) is 16.2 Å². The maximum atomic E-state index is 12.6. The molecule has 2 heterocycles. The van der Waals surface area contributed by atoms with Crippen LogP contribution in [0.3, 0.4) is 0 Å². The molecule has 0 bridgehead atoms. The Kier molecular flexibility index (Phi) is 4.95. The van der Waals surface area contributed by atoms with Crippen molar-refractivity contribution in [2.75, 3.05) is 4.72 Å². The Morgan fingerprint density at radius 2 is 1.86 bits per heavy atom. The molecule has 0 atom stereocenters. The van der Waals surface area contributed by atoms with E-state index in [0.717, 1.165) is 0 Å². The second-order valence-electron chi connectivity index (χ2n) is 5.81. The summed E-state index contributed by atoms with van der Waals surface area (Å²) in [7, 11) is -4.00. The maximum Gasteiger partial charge on any atom is 0.335 e. The van der Waals surface area contributed by atoms with Gasteiger partial charge in [-0.3, -0.25) is 0 Å². The normalized spacial score (nSPS) is 11.7. The number of carboxylic acids is 1. The molecule has 4 rings (SSSR count). The number of carboxylic acid groups (broad SMARTS) is 1. The number of aromatic carboxylic acids is 1. The first-order chi connectivity index (χ1) is 13.7. The number of aromatic nitrogens is 3. The quantitative estimate of drug-likeness (QED) is 0.452. The molecule has 4 aromatic rings. The first-order valence-electron chi connectivity index (χ1n) is 7.90. The molecule has 0 unspecified atom stereocenters. The molecule has 0 fully saturated rings. The molecule has 0 saturated heterocycles. The van der Waals surface area contributed by atoms with E-state index in [0.29, 0.717) is 26.3 Å². The van der Waals surface area contributed by atoms with Gasteiger partial charge in [0, 0.05) is 16.0 Å². The number of hydrogen-bond acceptors (Lipinski definition) is 6. The summed E-state index contributed by atoms with van der Waals surface area (Å²) in [6.45, 7) is 0. The summed E-state index contributed by atoms with van der Waals surface area (Å²) in [6.07, 6.45) is 0. The Morgan fingerprint density at radius 1 is 1.14 bits per heavy atom. The SMILES string of the molecule is O=C(O)c1ccc(S(=O)(=O)Nc2nc3scc(-c4cc(Cl)ccc4Cl)n3n2)cc1. The molecular formula is C17H10Cl2N4O4S2. The van der Waals surface area contributed by atoms with Gasteiger partial charge in [-0.15, -0.1) is 16.4 Å². The number of thiazole rings is 1. The Bertz CT molecular complexity index is 1350. The zero-order valence-corrected chi connectivity index (χ0v) is 17.3. The fourth-order valence-electron chi connectivity index (χ4n) is 2.56. The molecule has 0 aliphatic heterocycles. The van der Waals surface area contributed by atoms with Crippen molar-refractivity contribution in [1.82, 2.24) is 14.6 Å². The zero-order chi connectivity index (χ0) is 20.8. The summed E-state index contributed by atoms with van der Waals surface area (Å²) >= 11 is 13.6. The van der Waals surface area contributed by atoms with Gasteiger partial charge in [-0.05, 0) is 42.5 Å². The van der Waals surface area contributed by atoms with E-state index < -0.39 is 16.0 Å². The second kappa shape index (κ2) is 7.30. The van der Waals surface area contributed by atoms with Crippen molar-refractivity contribution in [3.05, 3.63) is 63.5 Å². The predicted octanol–water partition coefficient (Wildman–Crippen LogP) is 4.26. The van der Waals surface area contributed by atoms with Crippen molar-refractivity contribution in [1.29, 1.82) is 0 Å². The van der Waals surface area contributed by atoms with Crippen molar-refractivity contribution < 1.29 is 18.3 Å². The van der Waals surface area contributed by atoms with Gasteiger partial charge in [0.2, 0.25) is 4.96 Å². The minimum absolute atomic E-state index is 0.0207. The van der Waals surface area contributed by atoms with E-state index in [-0.39, 0.29) is 16.4 Å². The standard InChI is InChI=1S/C17H10Cl2N4O4S2/c18-10-3-6-13(19)12(7-10)14-8-28-17-20-16(21-23(14)17)22-29(26,27)11-4-1-9(2-5-11)15(24)25/h1-8H,(H,21,22)(H,24,25). The first-order valence-corrected chi connectivity index (χ1v) is 11.0. The number of halogens is 2. The smallest absolute Gasteiger partial charge is 0.335 e. The number of anilines is 1. The van der Waals surface area contributed by atoms with E-state index in [1.165, 1.54) is 40.1 Å². The number of nitrogens with zero attached hydrogens (tertiary/aromatic N) is 3. The molecule has 0 aliphatic carbocycles. The van der Waals surface area contributed by atoms with Gasteiger partial charge in [0.05, 0.1) is 21.2 Å². The summed E-state index contributed by atoms with van der Waals surface area (Å²) in [5.74, 6) is -1.27. The van der Waals surface area contributed by atoms with Gasteiger partial charge in [-0.2, -0.15) is 4.98 Å². The van der Waals surface area contributed by atoms with Gasteiger partial charge in [0.1, 0.15) is 0 Å². The van der Waals surface area contributed by atoms with Crippen molar-refractivity contribution in [3.63, 3.8) is 0 Å². The fraction of sp³-hybridized carbons (Fsp3) is 0. The highest BCUT2D eigenvalue weighted by molar-refractivity contribution is 7.92. The van der Waals surface area contributed by atoms with Gasteiger partial charge in [0.15, 0.2) is 0 Å². The Hall–Kier alpha value is -2.66. The Labute approximate surface area is 178 Å². The first kappa shape index (κ1) is 19.6. The van der Waals surface area contributed by atoms with E-state index in [9.17, 15) is 13.2 Å². The average molecular weight is 469 g/mol. The van der Waals surface area contributed by atoms with Crippen LogP contribution in [0.2, 0.25) is 10.0 Å². The van der Waals surface area contributed by atoms with Crippen molar-refractivity contribution in [3.8, 4) is 11.3 Å². The zero-order valence-electron chi connectivity index (χ0n) is 14.2. The lowest BCUT2D eigenvalue weighted by Crippen LogP contribution is -2.14. The molecule has 29 heavy (non-hydrogen) atoms. The summed E-state index contributed by atoms with van der Waals surface area (Å²) < 4.78 is 28.9. The second-order valence-corrected chi connectivity index (χ2v) is 9.17. The molecule has 0 spiro atoms. The van der Waals surface area contributed by atoms with Gasteiger partial charge in [0.25, 0.3) is 16.0 Å². The molecule has 0 aliphatic rings. The summed E-state index contributed by atoms with van der Waals surface area (Å²) in [5.41, 5.74) is 1.22. The molecule has 0 saturated carbocycles. The van der Waals surface area contributed by atoms with Crippen LogP contribution in [-0.4, -0.2) is 34.1 Å². The van der Waals surface area contributed by atoms with E-state index in [2.05, 4.69) is 14.8 Å². The Balaban J connectivity index is 1.68. The third-order valence-corrected chi connectivity index (χ3v) is 6.65. The van der Waals surface area contributed by atoms with Crippen molar-refractivity contribution >= 4 is 61.4 Å². The van der Waals surface area contributed by atoms with Crippen LogP contribution in [0.5, 0.6) is 0 Å². The van der Waals surface area contributed by atoms with Crippen LogP contribution in [-0.2, 0) is 10.0 Å². The highest BCUT2D eigenvalue weighted by Gasteiger charge is 2.20. The molecule has 8 nitrogen and oxygen atoms in total. The summed E-state index contributed by atoms with van der Waals surface area (Å²) in [5, 5.41) is 15.9. The van der Waals surface area contributed by atoms with E-state index in [1.807, 2.05) is 0 Å². The summed E-state index contributed by atoms with van der Waals surface area (Å²) in [4.78, 5) is 15.4. The summed E-state index contributed by atoms with van der Waals surface area (Å²) in [6, 6.07) is 9.80. The third-order valence-electron chi connectivity index (χ3n) is 3.92. The van der Waals surface area contributed by atoms with E-state index in [4.69, 9.17) is 28.3 Å². The predicted molar refractivity (Wildman–Crippen MR) is 111 cm³/mol. The fourth-order valence-corrected chi connectivity index (χ4v) is 4.71. The number of rotatable bonds is 5. The number of benzene rings is 2. The molecule has 0 amide bonds. The minimum atomic E-state index is -4.00. The van der Waals surface area contributed by atoms with Gasteiger partial charge >= 0.3 is 5.97 Å². The lowest BCUT2D eigenvalue weighted by Gasteiger charge is -2.05. The molecule has 2 aromatic heterocycles. The molecule has 148 valence electrons. The lowest BCUT2D eigenvalue weighted by molar-refractivity contribution is 0.0696. The largest absolute Gasteiger partial charge is 0.478 e. The van der Waals surface area contributed by atoms with Crippen LogP contribution in [0.1, 0.15) is 10.4 Å². The van der Waals surface area contributed by atoms with Gasteiger partial charge in [-0.1, -0.05) is 23.2 Å². The molecule has 2 N–H and O–H groups in total. The molecule has 2 aromatic carbocycles. The van der Waals surface area contributed by atoms with Crippen LogP contribution < -0.4 is 4.72 Å². The monoisotopic (exact) mass is 468 g/mol. The number of carbonyl (C=O) groups is 1. The maximum absolute atomic E-state index is 12.6. The van der Waals surface area contributed by atoms with E-state index in [1.54, 1.807) is 23.6 Å². The number of sulfonamides is 1. The van der Waals surface area contributed by atoms with E-state index >= 15 is 0 Å². The van der Waals surface area contributed by atoms with Crippen molar-refractivity contribution in [2.45, 2.75) is 4.90 Å². The van der Waals surface area contributed by atoms with Crippen LogP contribution in [0, 0.1) is 0 Å². The molecule has 0 radical (unpaired) electrons. The topological polar surface area (TPSA) is 114 Å². The average Bonchev–Trinajstić information content (AvgIpc) is 3.23. The van der Waals surface area contributed by atoms with Gasteiger partial charge in [-0.25, -0.2) is 22.4 Å². The highest BCUT2D eigenvalue weighted by Crippen LogP contribution is 2.33. The number of nitrogens with one attached hydrogen (secondary N) is 1. The van der Waals surface area contributed by atoms with Crippen LogP contribution >= 0.6 is 34.5 Å². The van der Waals surface area contributed by atoms with Crippen LogP contribution in [0.15, 0.2) is 52.7 Å². The highest BCUT2D eigenvalue weighted by atomic mass is 35.5. The number of hydrogen-bond donors (Lipinski definition) is 2. The third kappa shape index (κ3) is 3.79. The Morgan fingerprint density at radius 3 is 2.55 bits per heavy atom. The lowest BCUT2D eigenvalue weighted by atomic mass is 10.2. The number of fused-ring (bicyclic) bond motifs is 1. The molecule has 12 heteroatoms.